The fourth-order valence-corrected chi connectivity index (χ4v) is 1.97. The smallest absolute Gasteiger partial charge is 0.345 e. The Balaban J connectivity index is 2.00. The first-order chi connectivity index (χ1) is 11.4. The quantitative estimate of drug-likeness (QED) is 0.506. The maximum atomic E-state index is 13.0. The molecule has 0 bridgehead atoms. The normalized spacial score (nSPS) is 10.1. The van der Waals surface area contributed by atoms with Crippen LogP contribution in [0.2, 0.25) is 5.02 Å². The molecule has 2 aromatic rings. The van der Waals surface area contributed by atoms with E-state index in [0.29, 0.717) is 0 Å². The van der Waals surface area contributed by atoms with Gasteiger partial charge in [-0.05, 0) is 30.3 Å². The van der Waals surface area contributed by atoms with Gasteiger partial charge in [-0.2, -0.15) is 0 Å². The predicted molar refractivity (Wildman–Crippen MR) is 83.4 cm³/mol. The van der Waals surface area contributed by atoms with E-state index in [2.05, 4.69) is 5.32 Å². The minimum Gasteiger partial charge on any atom is -0.452 e. The van der Waals surface area contributed by atoms with Crippen molar-refractivity contribution < 1.29 is 23.6 Å². The Morgan fingerprint density at radius 3 is 2.67 bits per heavy atom. The second-order valence-corrected chi connectivity index (χ2v) is 4.99. The monoisotopic (exact) mass is 352 g/mol. The Bertz CT molecular complexity index is 812. The van der Waals surface area contributed by atoms with E-state index in [1.165, 1.54) is 24.3 Å². The Morgan fingerprint density at radius 2 is 2.00 bits per heavy atom. The number of rotatable bonds is 5. The van der Waals surface area contributed by atoms with Crippen molar-refractivity contribution in [2.24, 2.45) is 0 Å². The zero-order chi connectivity index (χ0) is 17.7. The highest BCUT2D eigenvalue weighted by molar-refractivity contribution is 6.31. The summed E-state index contributed by atoms with van der Waals surface area (Å²) in [7, 11) is 0. The summed E-state index contributed by atoms with van der Waals surface area (Å²) in [6.45, 7) is -0.685. The molecule has 0 unspecified atom stereocenters. The zero-order valence-electron chi connectivity index (χ0n) is 12.0. The maximum absolute atomic E-state index is 13.0. The van der Waals surface area contributed by atoms with E-state index < -0.39 is 34.9 Å². The molecule has 0 fully saturated rings. The van der Waals surface area contributed by atoms with E-state index >= 15 is 0 Å². The van der Waals surface area contributed by atoms with Crippen LogP contribution in [0, 0.1) is 15.9 Å². The number of anilines is 1. The van der Waals surface area contributed by atoms with E-state index in [-0.39, 0.29) is 16.3 Å². The standard InChI is InChI=1S/C15H10ClFN2O5/c16-9-4-5-12(13(6-9)19(22)23)15(21)24-8-14(20)18-11-3-1-2-10(17)7-11/h1-7H,8H2,(H,18,20). The number of carbonyl (C=O) groups is 2. The summed E-state index contributed by atoms with van der Waals surface area (Å²) < 4.78 is 17.7. The van der Waals surface area contributed by atoms with Gasteiger partial charge in [0.1, 0.15) is 11.4 Å². The summed E-state index contributed by atoms with van der Waals surface area (Å²) in [4.78, 5) is 33.7. The van der Waals surface area contributed by atoms with E-state index in [4.69, 9.17) is 16.3 Å². The van der Waals surface area contributed by atoms with Crippen molar-refractivity contribution in [3.8, 4) is 0 Å². The molecule has 0 radical (unpaired) electrons. The number of hydrogen-bond acceptors (Lipinski definition) is 5. The van der Waals surface area contributed by atoms with E-state index in [0.717, 1.165) is 18.2 Å². The van der Waals surface area contributed by atoms with Crippen molar-refractivity contribution in [3.63, 3.8) is 0 Å². The maximum Gasteiger partial charge on any atom is 0.345 e. The lowest BCUT2D eigenvalue weighted by atomic mass is 10.2. The first kappa shape index (κ1) is 17.4. The molecular weight excluding hydrogens is 343 g/mol. The molecule has 0 aliphatic carbocycles. The summed E-state index contributed by atoms with van der Waals surface area (Å²) in [5.41, 5.74) is -0.672. The van der Waals surface area contributed by atoms with Crippen LogP contribution in [0.5, 0.6) is 0 Å². The van der Waals surface area contributed by atoms with Crippen LogP contribution in [-0.2, 0) is 9.53 Å². The van der Waals surface area contributed by atoms with Gasteiger partial charge in [0.05, 0.1) is 4.92 Å². The lowest BCUT2D eigenvalue weighted by Gasteiger charge is -2.07. The molecule has 0 aromatic heterocycles. The number of nitro benzene ring substituents is 1. The molecule has 9 heteroatoms. The van der Waals surface area contributed by atoms with Gasteiger partial charge in [-0.15, -0.1) is 0 Å². The highest BCUT2D eigenvalue weighted by Crippen LogP contribution is 2.23. The molecular formula is C15H10ClFN2O5. The molecule has 2 aromatic carbocycles. The van der Waals surface area contributed by atoms with Gasteiger partial charge < -0.3 is 10.1 Å². The number of benzene rings is 2. The summed E-state index contributed by atoms with van der Waals surface area (Å²) in [6.07, 6.45) is 0. The molecule has 0 saturated heterocycles. The van der Waals surface area contributed by atoms with Crippen LogP contribution in [0.1, 0.15) is 10.4 Å². The molecule has 0 aliphatic rings. The number of hydrogen-bond donors (Lipinski definition) is 1. The van der Waals surface area contributed by atoms with Gasteiger partial charge in [-0.3, -0.25) is 14.9 Å². The van der Waals surface area contributed by atoms with E-state index in [9.17, 15) is 24.1 Å². The summed E-state index contributed by atoms with van der Waals surface area (Å²) in [5, 5.41) is 13.3. The zero-order valence-corrected chi connectivity index (χ0v) is 12.7. The summed E-state index contributed by atoms with van der Waals surface area (Å²) in [6, 6.07) is 8.57. The number of nitrogens with one attached hydrogen (secondary N) is 1. The molecule has 0 atom stereocenters. The largest absolute Gasteiger partial charge is 0.452 e. The van der Waals surface area contributed by atoms with Crippen LogP contribution < -0.4 is 5.32 Å². The van der Waals surface area contributed by atoms with Crippen molar-refractivity contribution in [3.05, 3.63) is 69.0 Å². The Labute approximate surface area is 140 Å². The Hall–Kier alpha value is -3.00. The number of esters is 1. The molecule has 124 valence electrons. The number of halogens is 2. The van der Waals surface area contributed by atoms with Gasteiger partial charge in [-0.1, -0.05) is 17.7 Å². The Morgan fingerprint density at radius 1 is 1.25 bits per heavy atom. The third-order valence-corrected chi connectivity index (χ3v) is 3.05. The van der Waals surface area contributed by atoms with Crippen LogP contribution in [0.4, 0.5) is 15.8 Å². The van der Waals surface area contributed by atoms with Gasteiger partial charge in [0.15, 0.2) is 6.61 Å². The van der Waals surface area contributed by atoms with Crippen LogP contribution in [-0.4, -0.2) is 23.4 Å². The van der Waals surface area contributed by atoms with Gasteiger partial charge in [0, 0.05) is 16.8 Å². The van der Waals surface area contributed by atoms with Crippen LogP contribution in [0.15, 0.2) is 42.5 Å². The highest BCUT2D eigenvalue weighted by Gasteiger charge is 2.22. The van der Waals surface area contributed by atoms with Gasteiger partial charge in [0.25, 0.3) is 11.6 Å². The SMILES string of the molecule is O=C(COC(=O)c1ccc(Cl)cc1[N+](=O)[O-])Nc1cccc(F)c1. The van der Waals surface area contributed by atoms with Gasteiger partial charge in [0.2, 0.25) is 0 Å². The summed E-state index contributed by atoms with van der Waals surface area (Å²) in [5.74, 6) is -2.31. The number of nitro groups is 1. The second-order valence-electron chi connectivity index (χ2n) is 4.55. The van der Waals surface area contributed by atoms with Gasteiger partial charge >= 0.3 is 5.97 Å². The van der Waals surface area contributed by atoms with E-state index in [1.54, 1.807) is 0 Å². The first-order valence-electron chi connectivity index (χ1n) is 6.53. The molecule has 0 spiro atoms. The fourth-order valence-electron chi connectivity index (χ4n) is 1.80. The van der Waals surface area contributed by atoms with Gasteiger partial charge in [-0.25, -0.2) is 9.18 Å². The van der Waals surface area contributed by atoms with Crippen molar-refractivity contribution in [1.29, 1.82) is 0 Å². The first-order valence-corrected chi connectivity index (χ1v) is 6.91. The van der Waals surface area contributed by atoms with Crippen LogP contribution in [0.3, 0.4) is 0 Å². The number of carbonyl (C=O) groups excluding carboxylic acids is 2. The number of nitrogens with zero attached hydrogens (tertiary/aromatic N) is 1. The molecule has 24 heavy (non-hydrogen) atoms. The lowest BCUT2D eigenvalue weighted by molar-refractivity contribution is -0.385. The number of amides is 1. The minimum absolute atomic E-state index is 0.0853. The predicted octanol–water partition coefficient (Wildman–Crippen LogP) is 3.18. The average molecular weight is 353 g/mol. The summed E-state index contributed by atoms with van der Waals surface area (Å²) >= 11 is 5.64. The molecule has 0 saturated carbocycles. The van der Waals surface area contributed by atoms with E-state index in [1.807, 2.05) is 0 Å². The fraction of sp³-hybridized carbons (Fsp3) is 0.0667. The van der Waals surface area contributed by atoms with Crippen molar-refractivity contribution in [2.45, 2.75) is 0 Å². The minimum atomic E-state index is -1.05. The highest BCUT2D eigenvalue weighted by atomic mass is 35.5. The van der Waals surface area contributed by atoms with Crippen molar-refractivity contribution >= 4 is 34.9 Å². The molecule has 1 amide bonds. The molecule has 0 heterocycles. The van der Waals surface area contributed by atoms with Crippen LogP contribution in [0.25, 0.3) is 0 Å². The van der Waals surface area contributed by atoms with Crippen molar-refractivity contribution in [1.82, 2.24) is 0 Å². The third-order valence-electron chi connectivity index (χ3n) is 2.82. The molecule has 2 rings (SSSR count). The third kappa shape index (κ3) is 4.50. The Kier molecular flexibility index (Phi) is 5.43. The topological polar surface area (TPSA) is 98.5 Å². The van der Waals surface area contributed by atoms with Crippen LogP contribution >= 0.6 is 11.6 Å². The molecule has 7 nitrogen and oxygen atoms in total. The number of ether oxygens (including phenoxy) is 1. The average Bonchev–Trinajstić information content (AvgIpc) is 2.52. The van der Waals surface area contributed by atoms with Crippen molar-refractivity contribution in [2.75, 3.05) is 11.9 Å². The molecule has 1 N–H and O–H groups in total. The lowest BCUT2D eigenvalue weighted by Crippen LogP contribution is -2.21. The second kappa shape index (κ2) is 7.51. The molecule has 0 aliphatic heterocycles.